The molecular weight excluding hydrogens is 707 g/mol. The Labute approximate surface area is 330 Å². The van der Waals surface area contributed by atoms with Gasteiger partial charge in [0, 0.05) is 58.3 Å². The van der Waals surface area contributed by atoms with Crippen molar-refractivity contribution in [1.82, 2.24) is 14.5 Å². The highest BCUT2D eigenvalue weighted by molar-refractivity contribution is 8.05. The van der Waals surface area contributed by atoms with E-state index >= 15 is 0 Å². The van der Waals surface area contributed by atoms with Gasteiger partial charge in [-0.2, -0.15) is 0 Å². The van der Waals surface area contributed by atoms with Crippen molar-refractivity contribution in [2.45, 2.75) is 45.8 Å². The van der Waals surface area contributed by atoms with Crippen LogP contribution in [0.3, 0.4) is 0 Å². The van der Waals surface area contributed by atoms with Crippen molar-refractivity contribution in [3.63, 3.8) is 0 Å². The molecule has 3 heterocycles. The Balaban J connectivity index is 1.14. The van der Waals surface area contributed by atoms with Crippen LogP contribution in [0.25, 0.3) is 73.8 Å². The topological polar surface area (TPSA) is 30.7 Å². The molecule has 2 aliphatic rings. The minimum atomic E-state index is -0.230. The lowest BCUT2D eigenvalue weighted by atomic mass is 9.81. The molecule has 55 heavy (non-hydrogen) atoms. The van der Waals surface area contributed by atoms with Gasteiger partial charge in [0.05, 0.1) is 22.6 Å². The van der Waals surface area contributed by atoms with Crippen LogP contribution in [0.1, 0.15) is 43.2 Å². The zero-order valence-corrected chi connectivity index (χ0v) is 32.5. The number of benzene rings is 6. The second-order valence-electron chi connectivity index (χ2n) is 14.6. The summed E-state index contributed by atoms with van der Waals surface area (Å²) in [6.07, 6.45) is 6.37. The predicted molar refractivity (Wildman–Crippen MR) is 232 cm³/mol. The van der Waals surface area contributed by atoms with Gasteiger partial charge in [-0.05, 0) is 77.7 Å². The SMILES string of the molecule is C=Cc1c(/C=C\C)n(-c2ccc(-c3cc(-c4ccccc4)nc(-c4ccccc4)n3)cc2)c2c3c(ccc12)-c1cc2c(cc1C3(C)C)Sc1ccccc1S2. The van der Waals surface area contributed by atoms with Crippen LogP contribution in [-0.4, -0.2) is 14.5 Å². The molecular formula is C50H37N3S2. The van der Waals surface area contributed by atoms with Crippen molar-refractivity contribution in [3.8, 4) is 50.7 Å². The number of fused-ring (bicyclic) bond motifs is 7. The smallest absolute Gasteiger partial charge is 0.160 e. The largest absolute Gasteiger partial charge is 0.309 e. The maximum atomic E-state index is 5.11. The van der Waals surface area contributed by atoms with E-state index in [4.69, 9.17) is 9.97 Å². The Bertz CT molecular complexity index is 2790. The molecule has 2 aromatic heterocycles. The molecule has 3 nitrogen and oxygen atoms in total. The van der Waals surface area contributed by atoms with Crippen molar-refractivity contribution in [3.05, 3.63) is 175 Å². The van der Waals surface area contributed by atoms with E-state index in [9.17, 15) is 0 Å². The van der Waals surface area contributed by atoms with E-state index in [1.165, 1.54) is 52.7 Å². The molecule has 0 unspecified atom stereocenters. The van der Waals surface area contributed by atoms with Gasteiger partial charge >= 0.3 is 0 Å². The van der Waals surface area contributed by atoms with Gasteiger partial charge in [-0.25, -0.2) is 9.97 Å². The second-order valence-corrected chi connectivity index (χ2v) is 16.8. The maximum absolute atomic E-state index is 5.11. The molecule has 0 bridgehead atoms. The number of allylic oxidation sites excluding steroid dienone is 1. The first kappa shape index (κ1) is 33.7. The molecule has 10 rings (SSSR count). The third-order valence-corrected chi connectivity index (χ3v) is 13.5. The summed E-state index contributed by atoms with van der Waals surface area (Å²) in [6.45, 7) is 11.2. The Morgan fingerprint density at radius 3 is 1.85 bits per heavy atom. The van der Waals surface area contributed by atoms with E-state index in [0.29, 0.717) is 5.82 Å². The fourth-order valence-corrected chi connectivity index (χ4v) is 10.7. The molecule has 1 aliphatic heterocycles. The van der Waals surface area contributed by atoms with E-state index in [1.807, 2.05) is 53.9 Å². The summed E-state index contributed by atoms with van der Waals surface area (Å²) in [5.41, 5.74) is 14.6. The molecule has 1 aliphatic carbocycles. The molecule has 0 saturated heterocycles. The van der Waals surface area contributed by atoms with E-state index < -0.39 is 0 Å². The summed E-state index contributed by atoms with van der Waals surface area (Å²) in [5.74, 6) is 0.711. The molecule has 5 heteroatoms. The zero-order chi connectivity index (χ0) is 37.3. The lowest BCUT2D eigenvalue weighted by molar-refractivity contribution is 0.660. The normalized spacial score (nSPS) is 13.7. The van der Waals surface area contributed by atoms with Crippen LogP contribution < -0.4 is 0 Å². The minimum Gasteiger partial charge on any atom is -0.309 e. The van der Waals surface area contributed by atoms with Gasteiger partial charge < -0.3 is 4.57 Å². The lowest BCUT2D eigenvalue weighted by Gasteiger charge is -2.25. The van der Waals surface area contributed by atoms with E-state index in [1.54, 1.807) is 0 Å². The van der Waals surface area contributed by atoms with Crippen molar-refractivity contribution in [1.29, 1.82) is 0 Å². The lowest BCUT2D eigenvalue weighted by Crippen LogP contribution is -2.17. The van der Waals surface area contributed by atoms with Crippen molar-refractivity contribution in [2.24, 2.45) is 0 Å². The van der Waals surface area contributed by atoms with Gasteiger partial charge in [0.1, 0.15) is 0 Å². The highest BCUT2D eigenvalue weighted by Gasteiger charge is 2.40. The summed E-state index contributed by atoms with van der Waals surface area (Å²) in [5, 5.41) is 1.21. The number of hydrogen-bond acceptors (Lipinski definition) is 4. The van der Waals surface area contributed by atoms with Crippen LogP contribution in [0, 0.1) is 0 Å². The van der Waals surface area contributed by atoms with E-state index in [2.05, 4.69) is 159 Å². The Hall–Kier alpha value is -5.88. The summed E-state index contributed by atoms with van der Waals surface area (Å²) < 4.78 is 2.45. The van der Waals surface area contributed by atoms with Gasteiger partial charge in [-0.15, -0.1) is 0 Å². The van der Waals surface area contributed by atoms with Crippen LogP contribution in [0.15, 0.2) is 172 Å². The van der Waals surface area contributed by atoms with Gasteiger partial charge in [0.2, 0.25) is 0 Å². The highest BCUT2D eigenvalue weighted by atomic mass is 32.2. The summed E-state index contributed by atoms with van der Waals surface area (Å²) >= 11 is 3.77. The second kappa shape index (κ2) is 13.2. The molecule has 8 aromatic rings. The number of nitrogens with zero attached hydrogens (tertiary/aromatic N) is 3. The Morgan fingerprint density at radius 1 is 0.618 bits per heavy atom. The zero-order valence-electron chi connectivity index (χ0n) is 30.9. The Morgan fingerprint density at radius 2 is 1.22 bits per heavy atom. The quantitative estimate of drug-likeness (QED) is 0.170. The van der Waals surface area contributed by atoms with Crippen molar-refractivity contribution in [2.75, 3.05) is 0 Å². The Kier molecular flexibility index (Phi) is 8.05. The highest BCUT2D eigenvalue weighted by Crippen LogP contribution is 2.57. The van der Waals surface area contributed by atoms with Crippen LogP contribution >= 0.6 is 23.5 Å². The number of hydrogen-bond donors (Lipinski definition) is 0. The summed E-state index contributed by atoms with van der Waals surface area (Å²) in [6, 6.07) is 49.8. The van der Waals surface area contributed by atoms with Crippen LogP contribution in [0.2, 0.25) is 0 Å². The van der Waals surface area contributed by atoms with Crippen LogP contribution in [0.5, 0.6) is 0 Å². The molecule has 0 atom stereocenters. The molecule has 0 radical (unpaired) electrons. The van der Waals surface area contributed by atoms with Gasteiger partial charge in [0.25, 0.3) is 0 Å². The fourth-order valence-electron chi connectivity index (χ4n) is 8.38. The van der Waals surface area contributed by atoms with Gasteiger partial charge in [-0.3, -0.25) is 0 Å². The summed E-state index contributed by atoms with van der Waals surface area (Å²) in [4.78, 5) is 15.4. The third-order valence-electron chi connectivity index (χ3n) is 10.9. The average Bonchev–Trinajstić information content (AvgIpc) is 3.66. The first-order chi connectivity index (χ1) is 26.9. The molecule has 264 valence electrons. The van der Waals surface area contributed by atoms with Crippen LogP contribution in [-0.2, 0) is 5.41 Å². The maximum Gasteiger partial charge on any atom is 0.160 e. The molecule has 0 N–H and O–H groups in total. The standard InChI is InChI=1S/C50H37N3S2/c1-5-15-42-35(6-2)37-27-26-36-38-28-45-46(55-44-21-14-13-20-43(44)54-45)29-39(38)50(3,4)47(36)48(37)53(42)34-24-22-32(23-25-34)41-30-40(31-16-9-7-10-17-31)51-49(52-41)33-18-11-8-12-19-33/h5-30H,2H2,1,3-4H3/b15-5-. The van der Waals surface area contributed by atoms with E-state index in [-0.39, 0.29) is 5.41 Å². The monoisotopic (exact) mass is 743 g/mol. The first-order valence-electron chi connectivity index (χ1n) is 18.6. The van der Waals surface area contributed by atoms with Crippen molar-refractivity contribution < 1.29 is 0 Å². The summed E-state index contributed by atoms with van der Waals surface area (Å²) in [7, 11) is 0. The van der Waals surface area contributed by atoms with Gasteiger partial charge in [0.15, 0.2) is 5.82 Å². The molecule has 0 fully saturated rings. The molecule has 0 spiro atoms. The van der Waals surface area contributed by atoms with Crippen LogP contribution in [0.4, 0.5) is 0 Å². The molecule has 0 saturated carbocycles. The van der Waals surface area contributed by atoms with Crippen molar-refractivity contribution >= 4 is 46.6 Å². The first-order valence-corrected chi connectivity index (χ1v) is 20.3. The predicted octanol–water partition coefficient (Wildman–Crippen LogP) is 14.0. The number of aromatic nitrogens is 3. The van der Waals surface area contributed by atoms with E-state index in [0.717, 1.165) is 45.0 Å². The molecule has 6 aromatic carbocycles. The average molecular weight is 744 g/mol. The minimum absolute atomic E-state index is 0.230. The third kappa shape index (κ3) is 5.44. The molecule has 0 amide bonds. The number of rotatable bonds is 6. The fraction of sp³-hybridized carbons (Fsp3) is 0.0800. The van der Waals surface area contributed by atoms with Gasteiger partial charge in [-0.1, -0.05) is 153 Å².